The summed E-state index contributed by atoms with van der Waals surface area (Å²) in [6, 6.07) is 15.4. The van der Waals surface area contributed by atoms with Crippen LogP contribution >= 0.6 is 23.5 Å². The minimum Gasteiger partial charge on any atom is -0.316 e. The third kappa shape index (κ3) is 5.31. The van der Waals surface area contributed by atoms with Crippen molar-refractivity contribution in [3.05, 3.63) is 48.0 Å². The normalized spacial score (nSPS) is 12.3. The Morgan fingerprint density at radius 2 is 1.44 bits per heavy atom. The molecule has 0 amide bonds. The van der Waals surface area contributed by atoms with Crippen molar-refractivity contribution in [2.45, 2.75) is 46.8 Å². The molecule has 3 heteroatoms. The second kappa shape index (κ2) is 9.38. The minimum absolute atomic E-state index is 0.854. The molecule has 0 bridgehead atoms. The van der Waals surface area contributed by atoms with Gasteiger partial charge in [-0.1, -0.05) is 48.6 Å². The Kier molecular flexibility index (Phi) is 7.50. The van der Waals surface area contributed by atoms with E-state index < -0.39 is 0 Å². The van der Waals surface area contributed by atoms with Gasteiger partial charge in [0.05, 0.1) is 20.1 Å². The second-order valence-corrected chi connectivity index (χ2v) is 8.57. The van der Waals surface area contributed by atoms with Gasteiger partial charge in [0.2, 0.25) is 0 Å². The van der Waals surface area contributed by atoms with Gasteiger partial charge in [-0.15, -0.1) is 6.42 Å². The Morgan fingerprint density at radius 3 is 1.92 bits per heavy atom. The summed E-state index contributed by atoms with van der Waals surface area (Å²) in [6.07, 6.45) is 6.31. The van der Waals surface area contributed by atoms with Crippen LogP contribution < -0.4 is 0 Å². The molecule has 0 unspecified atom stereocenters. The van der Waals surface area contributed by atoms with Crippen LogP contribution in [0.3, 0.4) is 0 Å². The molecule has 0 saturated carbocycles. The summed E-state index contributed by atoms with van der Waals surface area (Å²) in [5.74, 6) is 2.68. The highest BCUT2D eigenvalue weighted by molar-refractivity contribution is 8.05. The van der Waals surface area contributed by atoms with Gasteiger partial charge in [0, 0.05) is 19.6 Å². The average Bonchev–Trinajstić information content (AvgIpc) is 2.66. The molecule has 2 aromatic carbocycles. The number of hydrogen-bond donors (Lipinski definition) is 0. The number of aryl methyl sites for hydroxylation is 1. The monoisotopic (exact) mass is 370 g/mol. The van der Waals surface area contributed by atoms with Crippen molar-refractivity contribution in [3.63, 3.8) is 0 Å². The third-order valence-corrected chi connectivity index (χ3v) is 7.25. The van der Waals surface area contributed by atoms with E-state index in [9.17, 15) is 0 Å². The molecule has 0 spiro atoms. The van der Waals surface area contributed by atoms with Crippen LogP contribution in [0.15, 0.2) is 62.0 Å². The van der Waals surface area contributed by atoms with Gasteiger partial charge in [0.1, 0.15) is 6.54 Å². The molecule has 0 atom stereocenters. The summed E-state index contributed by atoms with van der Waals surface area (Å²) in [5.41, 5.74) is 1.42. The predicted octanol–water partition coefficient (Wildman–Crippen LogP) is 5.97. The van der Waals surface area contributed by atoms with E-state index in [-0.39, 0.29) is 0 Å². The Bertz CT molecular complexity index is 742. The van der Waals surface area contributed by atoms with Crippen molar-refractivity contribution in [1.29, 1.82) is 0 Å². The maximum atomic E-state index is 5.20. The first-order valence-electron chi connectivity index (χ1n) is 8.89. The summed E-state index contributed by atoms with van der Waals surface area (Å²) >= 11 is 3.77. The van der Waals surface area contributed by atoms with E-state index in [1.165, 1.54) is 25.1 Å². The number of quaternary nitrogens is 1. The number of terminal acetylenes is 1. The van der Waals surface area contributed by atoms with E-state index in [0.717, 1.165) is 30.5 Å². The largest absolute Gasteiger partial charge is 0.316 e. The van der Waals surface area contributed by atoms with Crippen LogP contribution in [0.1, 0.15) is 26.3 Å². The predicted molar refractivity (Wildman–Crippen MR) is 111 cm³/mol. The minimum atomic E-state index is 0.854. The summed E-state index contributed by atoms with van der Waals surface area (Å²) in [5, 5.41) is 0. The number of hydrogen-bond acceptors (Lipinski definition) is 2. The number of fused-ring (bicyclic) bond motifs is 2. The topological polar surface area (TPSA) is 0 Å². The van der Waals surface area contributed by atoms with Gasteiger partial charge in [0.15, 0.2) is 0 Å². The van der Waals surface area contributed by atoms with E-state index >= 15 is 0 Å². The highest BCUT2D eigenvalue weighted by atomic mass is 32.2. The Morgan fingerprint density at radius 1 is 0.880 bits per heavy atom. The molecule has 0 radical (unpaired) electrons. The fourth-order valence-corrected chi connectivity index (χ4v) is 4.74. The van der Waals surface area contributed by atoms with E-state index in [1.807, 2.05) is 23.5 Å². The Balaban J connectivity index is 0.000000217. The summed E-state index contributed by atoms with van der Waals surface area (Å²) in [4.78, 5) is 5.56. The van der Waals surface area contributed by atoms with E-state index in [0.29, 0.717) is 0 Å². The molecule has 0 aromatic heterocycles. The van der Waals surface area contributed by atoms with Gasteiger partial charge >= 0.3 is 0 Å². The van der Waals surface area contributed by atoms with Gasteiger partial charge in [-0.3, -0.25) is 0 Å². The molecule has 132 valence electrons. The highest BCUT2D eigenvalue weighted by Crippen LogP contribution is 2.48. The molecule has 1 aliphatic rings. The van der Waals surface area contributed by atoms with Crippen LogP contribution in [0.4, 0.5) is 0 Å². The quantitative estimate of drug-likeness (QED) is 0.410. The van der Waals surface area contributed by atoms with Crippen LogP contribution in [0.25, 0.3) is 0 Å². The van der Waals surface area contributed by atoms with Crippen LogP contribution in [0, 0.1) is 12.3 Å². The van der Waals surface area contributed by atoms with Crippen molar-refractivity contribution in [1.82, 2.24) is 0 Å². The van der Waals surface area contributed by atoms with Crippen molar-refractivity contribution >= 4 is 23.5 Å². The number of rotatable bonds is 4. The van der Waals surface area contributed by atoms with E-state index in [2.05, 4.69) is 76.2 Å². The molecular weight excluding hydrogens is 342 g/mol. The van der Waals surface area contributed by atoms with Gasteiger partial charge in [-0.25, -0.2) is 0 Å². The smallest absolute Gasteiger partial charge is 0.140 e. The maximum Gasteiger partial charge on any atom is 0.140 e. The van der Waals surface area contributed by atoms with Gasteiger partial charge in [-0.2, -0.15) is 0 Å². The van der Waals surface area contributed by atoms with E-state index in [4.69, 9.17) is 6.42 Å². The molecule has 0 aliphatic carbocycles. The van der Waals surface area contributed by atoms with Crippen LogP contribution in [-0.4, -0.2) is 31.2 Å². The van der Waals surface area contributed by atoms with Gasteiger partial charge < -0.3 is 4.48 Å². The molecule has 1 aliphatic heterocycles. The molecule has 1 heterocycles. The summed E-state index contributed by atoms with van der Waals surface area (Å²) in [6.45, 7) is 9.65. The first kappa shape index (κ1) is 20.0. The lowest BCUT2D eigenvalue weighted by Crippen LogP contribution is -2.43. The Labute approximate surface area is 161 Å². The summed E-state index contributed by atoms with van der Waals surface area (Å²) in [7, 11) is 2.18. The number of nitrogens with zero attached hydrogens (tertiary/aromatic N) is 1. The lowest BCUT2D eigenvalue weighted by Gasteiger charge is -2.29. The fourth-order valence-electron chi connectivity index (χ4n) is 2.46. The van der Waals surface area contributed by atoms with Crippen LogP contribution in [-0.2, 0) is 6.42 Å². The first-order chi connectivity index (χ1) is 12.0. The van der Waals surface area contributed by atoms with Crippen molar-refractivity contribution in [3.8, 4) is 12.3 Å². The molecule has 1 nitrogen and oxygen atoms in total. The highest BCUT2D eigenvalue weighted by Gasteiger charge is 2.16. The molecular formula is C22H28NS2+. The third-order valence-electron chi connectivity index (χ3n) is 4.71. The van der Waals surface area contributed by atoms with Crippen molar-refractivity contribution in [2.75, 3.05) is 26.7 Å². The fraction of sp³-hybridized carbons (Fsp3) is 0.364. The average molecular weight is 371 g/mol. The lowest BCUT2D eigenvalue weighted by atomic mass is 10.2. The summed E-state index contributed by atoms with van der Waals surface area (Å²) < 4.78 is 0.997. The zero-order valence-electron chi connectivity index (χ0n) is 15.7. The maximum absolute atomic E-state index is 5.20. The van der Waals surface area contributed by atoms with Gasteiger partial charge in [0.25, 0.3) is 0 Å². The number of benzene rings is 2. The Hall–Kier alpha value is -1.34. The molecule has 3 rings (SSSR count). The van der Waals surface area contributed by atoms with E-state index in [1.54, 1.807) is 0 Å². The zero-order valence-corrected chi connectivity index (χ0v) is 17.3. The lowest BCUT2D eigenvalue weighted by molar-refractivity contribution is -0.899. The van der Waals surface area contributed by atoms with Gasteiger partial charge in [-0.05, 0) is 56.0 Å². The molecule has 25 heavy (non-hydrogen) atoms. The van der Waals surface area contributed by atoms with Crippen molar-refractivity contribution in [2.24, 2.45) is 0 Å². The molecule has 0 N–H and O–H groups in total. The molecule has 2 aromatic rings. The molecule has 0 fully saturated rings. The standard InChI is InChI=1S/C14H12S2.C8H16N/c1-2-10-7-8-13-14(9-10)16-12-6-4-3-5-11(12)15-13;1-5-8-9(4,6-2)7-3/h3-9H,2H2,1H3;1H,6-8H2,2-4H3/q;+1. The second-order valence-electron chi connectivity index (χ2n) is 6.40. The first-order valence-corrected chi connectivity index (χ1v) is 10.5. The van der Waals surface area contributed by atoms with Crippen LogP contribution in [0.5, 0.6) is 0 Å². The van der Waals surface area contributed by atoms with Crippen molar-refractivity contribution < 1.29 is 4.48 Å². The van der Waals surface area contributed by atoms with Crippen LogP contribution in [0.2, 0.25) is 0 Å². The molecule has 0 saturated heterocycles. The zero-order chi connectivity index (χ0) is 18.3. The SMILES string of the molecule is C#CC[N+](C)(CC)CC.CCc1ccc2c(c1)Sc1ccccc1S2.